The van der Waals surface area contributed by atoms with Crippen LogP contribution in [0.4, 0.5) is 4.39 Å². The first-order valence-electron chi connectivity index (χ1n) is 7.26. The van der Waals surface area contributed by atoms with Crippen LogP contribution in [-0.4, -0.2) is 28.8 Å². The van der Waals surface area contributed by atoms with E-state index in [9.17, 15) is 14.3 Å². The number of carbonyl (C=O) groups is 1. The van der Waals surface area contributed by atoms with Crippen molar-refractivity contribution in [3.8, 4) is 0 Å². The third kappa shape index (κ3) is 2.07. The first-order valence-corrected chi connectivity index (χ1v) is 7.26. The molecular formula is C16H20FNO3. The van der Waals surface area contributed by atoms with Gasteiger partial charge in [0, 0.05) is 6.54 Å². The largest absolute Gasteiger partial charge is 0.481 e. The van der Waals surface area contributed by atoms with Gasteiger partial charge in [-0.25, -0.2) is 4.39 Å². The van der Waals surface area contributed by atoms with Crippen molar-refractivity contribution in [3.63, 3.8) is 0 Å². The molecule has 2 fully saturated rings. The lowest BCUT2D eigenvalue weighted by atomic mass is 9.64. The van der Waals surface area contributed by atoms with Crippen molar-refractivity contribution in [2.24, 2.45) is 5.41 Å². The Morgan fingerprint density at radius 3 is 2.71 bits per heavy atom. The van der Waals surface area contributed by atoms with E-state index in [1.165, 1.54) is 12.1 Å². The van der Waals surface area contributed by atoms with Crippen molar-refractivity contribution in [2.75, 3.05) is 0 Å². The second-order valence-electron chi connectivity index (χ2n) is 6.42. The summed E-state index contributed by atoms with van der Waals surface area (Å²) in [5.41, 5.74) is -0.642. The number of nitrogens with one attached hydrogen (secondary N) is 1. The zero-order valence-electron chi connectivity index (χ0n) is 12.2. The topological polar surface area (TPSA) is 58.6 Å². The first kappa shape index (κ1) is 14.5. The molecule has 2 saturated heterocycles. The van der Waals surface area contributed by atoms with E-state index in [1.807, 2.05) is 6.92 Å². The summed E-state index contributed by atoms with van der Waals surface area (Å²) in [6.45, 7) is 4.15. The molecule has 4 nitrogen and oxygen atoms in total. The van der Waals surface area contributed by atoms with Crippen LogP contribution in [0.25, 0.3) is 0 Å². The van der Waals surface area contributed by atoms with E-state index in [4.69, 9.17) is 4.74 Å². The molecule has 2 heterocycles. The number of halogens is 1. The second kappa shape index (κ2) is 4.78. The van der Waals surface area contributed by atoms with Crippen LogP contribution in [-0.2, 0) is 16.1 Å². The van der Waals surface area contributed by atoms with Gasteiger partial charge < -0.3 is 15.2 Å². The van der Waals surface area contributed by atoms with Crippen LogP contribution in [0.5, 0.6) is 0 Å². The summed E-state index contributed by atoms with van der Waals surface area (Å²) in [5, 5.41) is 13.0. The summed E-state index contributed by atoms with van der Waals surface area (Å²) in [6.07, 6.45) is 1.58. The lowest BCUT2D eigenvalue weighted by Gasteiger charge is -2.40. The molecule has 2 N–H and O–H groups in total. The number of hydrogen-bond donors (Lipinski definition) is 2. The van der Waals surface area contributed by atoms with E-state index in [-0.39, 0.29) is 18.0 Å². The fraction of sp³-hybridized carbons (Fsp3) is 0.562. The average Bonchev–Trinajstić information content (AvgIpc) is 2.92. The molecule has 3 rings (SSSR count). The predicted molar refractivity (Wildman–Crippen MR) is 75.3 cm³/mol. The highest BCUT2D eigenvalue weighted by molar-refractivity contribution is 5.78. The smallest absolute Gasteiger partial charge is 0.313 e. The Morgan fingerprint density at radius 1 is 1.43 bits per heavy atom. The molecule has 1 aromatic rings. The maximum Gasteiger partial charge on any atom is 0.313 e. The number of hydrogen-bond acceptors (Lipinski definition) is 3. The number of fused-ring (bicyclic) bond motifs is 2. The van der Waals surface area contributed by atoms with Gasteiger partial charge in [-0.15, -0.1) is 0 Å². The van der Waals surface area contributed by atoms with Crippen LogP contribution >= 0.6 is 0 Å². The van der Waals surface area contributed by atoms with Gasteiger partial charge in [-0.1, -0.05) is 12.1 Å². The van der Waals surface area contributed by atoms with E-state index < -0.39 is 17.0 Å². The maximum absolute atomic E-state index is 12.9. The molecular weight excluding hydrogens is 273 g/mol. The van der Waals surface area contributed by atoms with Gasteiger partial charge in [-0.3, -0.25) is 4.79 Å². The molecule has 0 radical (unpaired) electrons. The Morgan fingerprint density at radius 2 is 2.10 bits per heavy atom. The van der Waals surface area contributed by atoms with Gasteiger partial charge in [-0.05, 0) is 44.4 Å². The maximum atomic E-state index is 12.9. The first-order chi connectivity index (χ1) is 9.87. The average molecular weight is 293 g/mol. The zero-order valence-corrected chi connectivity index (χ0v) is 12.2. The van der Waals surface area contributed by atoms with Crippen molar-refractivity contribution in [1.29, 1.82) is 0 Å². The third-order valence-electron chi connectivity index (χ3n) is 5.29. The Labute approximate surface area is 123 Å². The monoisotopic (exact) mass is 293 g/mol. The van der Waals surface area contributed by atoms with Crippen LogP contribution in [0.2, 0.25) is 0 Å². The fourth-order valence-corrected chi connectivity index (χ4v) is 3.71. The van der Waals surface area contributed by atoms with Crippen molar-refractivity contribution >= 4 is 5.97 Å². The van der Waals surface area contributed by atoms with Crippen LogP contribution in [0.15, 0.2) is 24.3 Å². The molecule has 1 aromatic carbocycles. The van der Waals surface area contributed by atoms with Gasteiger partial charge in [0.2, 0.25) is 0 Å². The van der Waals surface area contributed by atoms with Gasteiger partial charge in [0.15, 0.2) is 0 Å². The second-order valence-corrected chi connectivity index (χ2v) is 6.42. The highest BCUT2D eigenvalue weighted by Crippen LogP contribution is 2.55. The van der Waals surface area contributed by atoms with Gasteiger partial charge in [0.25, 0.3) is 0 Å². The lowest BCUT2D eigenvalue weighted by molar-refractivity contribution is -0.158. The minimum absolute atomic E-state index is 0.0726. The number of ether oxygens (including phenoxy) is 1. The molecule has 4 unspecified atom stereocenters. The number of rotatable bonds is 4. The predicted octanol–water partition coefficient (Wildman–Crippen LogP) is 2.33. The molecule has 0 spiro atoms. The molecule has 2 bridgehead atoms. The zero-order chi connectivity index (χ0) is 15.3. The fourth-order valence-electron chi connectivity index (χ4n) is 3.71. The molecule has 0 amide bonds. The normalized spacial score (nSPS) is 37.9. The molecule has 114 valence electrons. The Kier molecular flexibility index (Phi) is 3.30. The highest BCUT2D eigenvalue weighted by atomic mass is 19.1. The minimum Gasteiger partial charge on any atom is -0.481 e. The van der Waals surface area contributed by atoms with Crippen molar-refractivity contribution in [2.45, 2.75) is 51.0 Å². The standard InChI is InChI=1S/C16H20FNO3/c1-15-8-7-12(21-15)13(16(15,2)14(19)20)18-9-10-3-5-11(17)6-4-10/h3-6,12-13,18H,7-9H2,1-2H3,(H,19,20). The number of aliphatic carboxylic acids is 1. The van der Waals surface area contributed by atoms with E-state index in [2.05, 4.69) is 5.32 Å². The van der Waals surface area contributed by atoms with Gasteiger partial charge in [0.05, 0.1) is 17.7 Å². The van der Waals surface area contributed by atoms with Crippen molar-refractivity contribution in [3.05, 3.63) is 35.6 Å². The molecule has 0 saturated carbocycles. The molecule has 0 aliphatic carbocycles. The van der Waals surface area contributed by atoms with Gasteiger partial charge >= 0.3 is 5.97 Å². The molecule has 5 heteroatoms. The SMILES string of the molecule is CC12CCC(O1)C(NCc1ccc(F)cc1)C2(C)C(=O)O. The molecule has 2 aliphatic rings. The van der Waals surface area contributed by atoms with Gasteiger partial charge in [-0.2, -0.15) is 0 Å². The Bertz CT molecular complexity index is 561. The molecule has 4 atom stereocenters. The van der Waals surface area contributed by atoms with E-state index in [0.29, 0.717) is 6.54 Å². The molecule has 2 aliphatic heterocycles. The quantitative estimate of drug-likeness (QED) is 0.894. The van der Waals surface area contributed by atoms with E-state index >= 15 is 0 Å². The van der Waals surface area contributed by atoms with Crippen molar-refractivity contribution in [1.82, 2.24) is 5.32 Å². The Balaban J connectivity index is 1.78. The summed E-state index contributed by atoms with van der Waals surface area (Å²) in [5.74, 6) is -1.10. The number of benzene rings is 1. The minimum atomic E-state index is -0.948. The summed E-state index contributed by atoms with van der Waals surface area (Å²) in [6, 6.07) is 5.99. The van der Waals surface area contributed by atoms with E-state index in [1.54, 1.807) is 19.1 Å². The summed E-state index contributed by atoms with van der Waals surface area (Å²) in [4.78, 5) is 11.8. The molecule has 21 heavy (non-hydrogen) atoms. The summed E-state index contributed by atoms with van der Waals surface area (Å²) < 4.78 is 18.9. The van der Waals surface area contributed by atoms with Crippen LogP contribution in [0.3, 0.4) is 0 Å². The van der Waals surface area contributed by atoms with Crippen LogP contribution in [0.1, 0.15) is 32.3 Å². The lowest BCUT2D eigenvalue weighted by Crippen LogP contribution is -2.58. The van der Waals surface area contributed by atoms with Crippen molar-refractivity contribution < 1.29 is 19.0 Å². The number of carboxylic acids is 1. The summed E-state index contributed by atoms with van der Waals surface area (Å²) >= 11 is 0. The van der Waals surface area contributed by atoms with Crippen LogP contribution in [0, 0.1) is 11.2 Å². The van der Waals surface area contributed by atoms with Crippen LogP contribution < -0.4 is 5.32 Å². The Hall–Kier alpha value is -1.46. The highest BCUT2D eigenvalue weighted by Gasteiger charge is 2.67. The molecule has 0 aromatic heterocycles. The van der Waals surface area contributed by atoms with Gasteiger partial charge in [0.1, 0.15) is 11.2 Å². The van der Waals surface area contributed by atoms with E-state index in [0.717, 1.165) is 18.4 Å². The summed E-state index contributed by atoms with van der Waals surface area (Å²) in [7, 11) is 0. The third-order valence-corrected chi connectivity index (χ3v) is 5.29. The number of carboxylic acid groups (broad SMARTS) is 1.